The SMILES string of the molecule is CN=C(NCCc1cn2cccc(C)c2n1)NCCc1ccco1. The van der Waals surface area contributed by atoms with Crippen LogP contribution in [0.25, 0.3) is 5.65 Å². The predicted octanol–water partition coefficient (Wildman–Crippen LogP) is 2.19. The maximum absolute atomic E-state index is 5.32. The summed E-state index contributed by atoms with van der Waals surface area (Å²) >= 11 is 0. The van der Waals surface area contributed by atoms with Gasteiger partial charge in [-0.3, -0.25) is 4.99 Å². The van der Waals surface area contributed by atoms with Gasteiger partial charge in [-0.2, -0.15) is 0 Å². The number of nitrogens with zero attached hydrogens (tertiary/aromatic N) is 3. The Hall–Kier alpha value is -2.76. The molecule has 0 spiro atoms. The molecule has 126 valence electrons. The lowest BCUT2D eigenvalue weighted by molar-refractivity contribution is 0.507. The quantitative estimate of drug-likeness (QED) is 0.538. The molecule has 0 aliphatic carbocycles. The lowest BCUT2D eigenvalue weighted by Gasteiger charge is -2.10. The standard InChI is InChI=1S/C18H23N5O/c1-14-5-3-11-23-13-15(22-17(14)23)7-9-20-18(19-2)21-10-8-16-6-4-12-24-16/h3-6,11-13H,7-10H2,1-2H3,(H2,19,20,21). The van der Waals surface area contributed by atoms with Crippen LogP contribution in [0.15, 0.2) is 52.3 Å². The fraction of sp³-hybridized carbons (Fsp3) is 0.333. The highest BCUT2D eigenvalue weighted by Gasteiger charge is 2.04. The molecular formula is C18H23N5O. The summed E-state index contributed by atoms with van der Waals surface area (Å²) in [5.41, 5.74) is 3.28. The minimum absolute atomic E-state index is 0.779. The summed E-state index contributed by atoms with van der Waals surface area (Å²) in [7, 11) is 1.77. The van der Waals surface area contributed by atoms with Gasteiger partial charge in [-0.1, -0.05) is 6.07 Å². The molecule has 0 atom stereocenters. The predicted molar refractivity (Wildman–Crippen MR) is 95.4 cm³/mol. The Labute approximate surface area is 141 Å². The van der Waals surface area contributed by atoms with Gasteiger partial charge in [0, 0.05) is 45.4 Å². The third kappa shape index (κ3) is 3.95. The van der Waals surface area contributed by atoms with Crippen LogP contribution >= 0.6 is 0 Å². The van der Waals surface area contributed by atoms with Crippen molar-refractivity contribution in [2.24, 2.45) is 4.99 Å². The van der Waals surface area contributed by atoms with Crippen molar-refractivity contribution in [3.8, 4) is 0 Å². The molecule has 24 heavy (non-hydrogen) atoms. The highest BCUT2D eigenvalue weighted by Crippen LogP contribution is 2.09. The van der Waals surface area contributed by atoms with Crippen LogP contribution in [0.3, 0.4) is 0 Å². The minimum atomic E-state index is 0.779. The first-order valence-corrected chi connectivity index (χ1v) is 8.16. The summed E-state index contributed by atoms with van der Waals surface area (Å²) in [4.78, 5) is 8.91. The van der Waals surface area contributed by atoms with Gasteiger partial charge in [0.2, 0.25) is 0 Å². The maximum atomic E-state index is 5.32. The van der Waals surface area contributed by atoms with E-state index in [0.717, 1.165) is 49.0 Å². The molecule has 0 unspecified atom stereocenters. The molecule has 3 heterocycles. The highest BCUT2D eigenvalue weighted by molar-refractivity contribution is 5.79. The first-order valence-electron chi connectivity index (χ1n) is 8.16. The number of aromatic nitrogens is 2. The number of hydrogen-bond donors (Lipinski definition) is 2. The summed E-state index contributed by atoms with van der Waals surface area (Å²) in [6.07, 6.45) is 7.48. The fourth-order valence-electron chi connectivity index (χ4n) is 2.61. The van der Waals surface area contributed by atoms with Gasteiger partial charge in [-0.15, -0.1) is 0 Å². The van der Waals surface area contributed by atoms with Gasteiger partial charge in [0.1, 0.15) is 11.4 Å². The van der Waals surface area contributed by atoms with E-state index in [1.807, 2.05) is 24.4 Å². The van der Waals surface area contributed by atoms with Gasteiger partial charge in [0.05, 0.1) is 12.0 Å². The minimum Gasteiger partial charge on any atom is -0.469 e. The molecule has 3 aromatic rings. The van der Waals surface area contributed by atoms with Gasteiger partial charge in [0.25, 0.3) is 0 Å². The molecule has 0 aromatic carbocycles. The lowest BCUT2D eigenvalue weighted by Crippen LogP contribution is -2.39. The molecule has 3 aromatic heterocycles. The summed E-state index contributed by atoms with van der Waals surface area (Å²) in [5.74, 6) is 1.76. The molecule has 0 radical (unpaired) electrons. The molecule has 0 aliphatic rings. The number of aliphatic imine (C=N–C) groups is 1. The molecule has 0 saturated heterocycles. The van der Waals surface area contributed by atoms with Crippen molar-refractivity contribution in [3.63, 3.8) is 0 Å². The lowest BCUT2D eigenvalue weighted by atomic mass is 10.3. The third-order valence-corrected chi connectivity index (χ3v) is 3.87. The molecule has 0 amide bonds. The van der Waals surface area contributed by atoms with Crippen LogP contribution in [0.2, 0.25) is 0 Å². The van der Waals surface area contributed by atoms with Crippen molar-refractivity contribution in [2.45, 2.75) is 19.8 Å². The highest BCUT2D eigenvalue weighted by atomic mass is 16.3. The van der Waals surface area contributed by atoms with Crippen LogP contribution < -0.4 is 10.6 Å². The molecule has 6 heteroatoms. The maximum Gasteiger partial charge on any atom is 0.191 e. The Morgan fingerprint density at radius 2 is 2.04 bits per heavy atom. The number of furan rings is 1. The van der Waals surface area contributed by atoms with E-state index in [1.54, 1.807) is 13.3 Å². The van der Waals surface area contributed by atoms with Crippen LogP contribution in [0, 0.1) is 6.92 Å². The fourth-order valence-corrected chi connectivity index (χ4v) is 2.61. The smallest absolute Gasteiger partial charge is 0.191 e. The topological polar surface area (TPSA) is 66.9 Å². The number of nitrogens with one attached hydrogen (secondary N) is 2. The molecule has 6 nitrogen and oxygen atoms in total. The molecule has 3 rings (SSSR count). The number of aryl methyl sites for hydroxylation is 1. The van der Waals surface area contributed by atoms with Crippen molar-refractivity contribution in [1.29, 1.82) is 0 Å². The van der Waals surface area contributed by atoms with Gasteiger partial charge in [-0.25, -0.2) is 4.98 Å². The number of pyridine rings is 1. The van der Waals surface area contributed by atoms with E-state index in [4.69, 9.17) is 4.42 Å². The molecular weight excluding hydrogens is 302 g/mol. The first-order chi connectivity index (χ1) is 11.8. The van der Waals surface area contributed by atoms with Crippen LogP contribution in [0.5, 0.6) is 0 Å². The Morgan fingerprint density at radius 3 is 2.75 bits per heavy atom. The van der Waals surface area contributed by atoms with Gasteiger partial charge in [-0.05, 0) is 30.7 Å². The van der Waals surface area contributed by atoms with E-state index in [2.05, 4.69) is 44.2 Å². The van der Waals surface area contributed by atoms with Crippen molar-refractivity contribution in [3.05, 3.63) is 59.9 Å². The number of imidazole rings is 1. The Kier molecular flexibility index (Phi) is 5.15. The van der Waals surface area contributed by atoms with Crippen LogP contribution in [0.1, 0.15) is 17.0 Å². The monoisotopic (exact) mass is 325 g/mol. The normalized spacial score (nSPS) is 11.8. The Bertz CT molecular complexity index is 804. The van der Waals surface area contributed by atoms with Crippen LogP contribution in [-0.4, -0.2) is 35.5 Å². The van der Waals surface area contributed by atoms with E-state index in [1.165, 1.54) is 5.56 Å². The zero-order valence-corrected chi connectivity index (χ0v) is 14.1. The van der Waals surface area contributed by atoms with Crippen molar-refractivity contribution >= 4 is 11.6 Å². The van der Waals surface area contributed by atoms with Gasteiger partial charge in [0.15, 0.2) is 5.96 Å². The largest absolute Gasteiger partial charge is 0.469 e. The van der Waals surface area contributed by atoms with Crippen molar-refractivity contribution < 1.29 is 4.42 Å². The Balaban J connectivity index is 1.46. The number of guanidine groups is 1. The summed E-state index contributed by atoms with van der Waals surface area (Å²) in [5, 5.41) is 6.60. The second-order valence-corrected chi connectivity index (χ2v) is 5.66. The van der Waals surface area contributed by atoms with Crippen molar-refractivity contribution in [1.82, 2.24) is 20.0 Å². The van der Waals surface area contributed by atoms with E-state index in [9.17, 15) is 0 Å². The summed E-state index contributed by atoms with van der Waals surface area (Å²) in [6, 6.07) is 7.99. The van der Waals surface area contributed by atoms with E-state index in [-0.39, 0.29) is 0 Å². The zero-order valence-electron chi connectivity index (χ0n) is 14.1. The zero-order chi connectivity index (χ0) is 16.8. The van der Waals surface area contributed by atoms with Crippen LogP contribution in [0.4, 0.5) is 0 Å². The summed E-state index contributed by atoms with van der Waals surface area (Å²) < 4.78 is 7.39. The molecule has 0 bridgehead atoms. The molecule has 0 saturated carbocycles. The third-order valence-electron chi connectivity index (χ3n) is 3.87. The number of hydrogen-bond acceptors (Lipinski definition) is 3. The van der Waals surface area contributed by atoms with E-state index in [0.29, 0.717) is 0 Å². The van der Waals surface area contributed by atoms with E-state index < -0.39 is 0 Å². The number of rotatable bonds is 6. The second kappa shape index (κ2) is 7.68. The first kappa shape index (κ1) is 16.1. The Morgan fingerprint density at radius 1 is 1.21 bits per heavy atom. The van der Waals surface area contributed by atoms with Crippen LogP contribution in [-0.2, 0) is 12.8 Å². The van der Waals surface area contributed by atoms with Gasteiger partial charge < -0.3 is 19.5 Å². The van der Waals surface area contributed by atoms with Crippen molar-refractivity contribution in [2.75, 3.05) is 20.1 Å². The second-order valence-electron chi connectivity index (χ2n) is 5.66. The van der Waals surface area contributed by atoms with E-state index >= 15 is 0 Å². The van der Waals surface area contributed by atoms with Gasteiger partial charge >= 0.3 is 0 Å². The molecule has 2 N–H and O–H groups in total. The molecule has 0 fully saturated rings. The average Bonchev–Trinajstić information content (AvgIpc) is 3.23. The summed E-state index contributed by atoms with van der Waals surface area (Å²) in [6.45, 7) is 3.64. The number of fused-ring (bicyclic) bond motifs is 1. The average molecular weight is 325 g/mol. The molecule has 0 aliphatic heterocycles.